The standard InChI is InChI=1S/C11H17IO3Si/c1-13-16(14-2,15-3)9-8-10-4-6-11(12)7-5-10/h4-7H,8-9H2,1-3H3. The lowest BCUT2D eigenvalue weighted by Crippen LogP contribution is -2.43. The Kier molecular flexibility index (Phi) is 5.91. The zero-order chi connectivity index (χ0) is 12.0. The highest BCUT2D eigenvalue weighted by atomic mass is 127. The third-order valence-electron chi connectivity index (χ3n) is 2.57. The Morgan fingerprint density at radius 2 is 1.50 bits per heavy atom. The summed E-state index contributed by atoms with van der Waals surface area (Å²) in [5.41, 5.74) is 1.28. The Balaban J connectivity index is 2.58. The third-order valence-corrected chi connectivity index (χ3v) is 6.01. The molecule has 16 heavy (non-hydrogen) atoms. The normalized spacial score (nSPS) is 11.8. The summed E-state index contributed by atoms with van der Waals surface area (Å²) in [6.45, 7) is 0. The van der Waals surface area contributed by atoms with Crippen LogP contribution >= 0.6 is 22.6 Å². The van der Waals surface area contributed by atoms with Crippen LogP contribution in [-0.2, 0) is 19.7 Å². The Bertz CT molecular complexity index is 303. The summed E-state index contributed by atoms with van der Waals surface area (Å²) < 4.78 is 17.4. The molecule has 0 saturated heterocycles. The fourth-order valence-corrected chi connectivity index (χ4v) is 3.57. The van der Waals surface area contributed by atoms with Crippen molar-refractivity contribution in [2.75, 3.05) is 21.3 Å². The Hall–Kier alpha value is 0.0469. The van der Waals surface area contributed by atoms with Crippen LogP contribution in [0, 0.1) is 3.57 Å². The molecule has 5 heteroatoms. The van der Waals surface area contributed by atoms with Gasteiger partial charge in [0.05, 0.1) is 0 Å². The van der Waals surface area contributed by atoms with Crippen LogP contribution in [0.4, 0.5) is 0 Å². The van der Waals surface area contributed by atoms with Gasteiger partial charge in [-0.1, -0.05) is 12.1 Å². The second-order valence-corrected chi connectivity index (χ2v) is 7.76. The number of aryl methyl sites for hydroxylation is 1. The van der Waals surface area contributed by atoms with Gasteiger partial charge < -0.3 is 13.3 Å². The van der Waals surface area contributed by atoms with Crippen molar-refractivity contribution < 1.29 is 13.3 Å². The molecule has 0 N–H and O–H groups in total. The topological polar surface area (TPSA) is 27.7 Å². The number of hydrogen-bond acceptors (Lipinski definition) is 3. The van der Waals surface area contributed by atoms with Gasteiger partial charge in [0.25, 0.3) is 0 Å². The lowest BCUT2D eigenvalue weighted by Gasteiger charge is -2.24. The second kappa shape index (κ2) is 6.70. The van der Waals surface area contributed by atoms with E-state index in [4.69, 9.17) is 13.3 Å². The number of benzene rings is 1. The van der Waals surface area contributed by atoms with Crippen LogP contribution in [0.15, 0.2) is 24.3 Å². The van der Waals surface area contributed by atoms with Gasteiger partial charge in [0.15, 0.2) is 0 Å². The molecule has 1 rings (SSSR count). The minimum absolute atomic E-state index is 0.803. The first-order chi connectivity index (χ1) is 7.65. The van der Waals surface area contributed by atoms with E-state index in [1.54, 1.807) is 21.3 Å². The van der Waals surface area contributed by atoms with Crippen molar-refractivity contribution in [1.82, 2.24) is 0 Å². The van der Waals surface area contributed by atoms with Crippen LogP contribution in [0.2, 0.25) is 6.04 Å². The van der Waals surface area contributed by atoms with Gasteiger partial charge in [0.1, 0.15) is 0 Å². The first-order valence-corrected chi connectivity index (χ1v) is 8.07. The summed E-state index contributed by atoms with van der Waals surface area (Å²) in [5, 5.41) is 0. The van der Waals surface area contributed by atoms with Crippen molar-refractivity contribution in [3.8, 4) is 0 Å². The molecule has 0 spiro atoms. The van der Waals surface area contributed by atoms with Crippen LogP contribution in [0.3, 0.4) is 0 Å². The van der Waals surface area contributed by atoms with Crippen molar-refractivity contribution in [2.24, 2.45) is 0 Å². The first-order valence-electron chi connectivity index (χ1n) is 5.05. The molecule has 0 atom stereocenters. The van der Waals surface area contributed by atoms with Gasteiger partial charge in [0.2, 0.25) is 0 Å². The maximum atomic E-state index is 5.37. The van der Waals surface area contributed by atoms with Crippen LogP contribution in [0.1, 0.15) is 5.56 Å². The molecule has 0 amide bonds. The molecule has 0 saturated carbocycles. The number of halogens is 1. The van der Waals surface area contributed by atoms with Crippen molar-refractivity contribution in [2.45, 2.75) is 12.5 Å². The van der Waals surface area contributed by atoms with Gasteiger partial charge >= 0.3 is 8.80 Å². The lowest BCUT2D eigenvalue weighted by molar-refractivity contribution is 0.123. The van der Waals surface area contributed by atoms with E-state index in [9.17, 15) is 0 Å². The lowest BCUT2D eigenvalue weighted by atomic mass is 10.2. The molecule has 0 aliphatic heterocycles. The summed E-state index contributed by atoms with van der Waals surface area (Å²) >= 11 is 2.30. The van der Waals surface area contributed by atoms with E-state index in [0.717, 1.165) is 12.5 Å². The van der Waals surface area contributed by atoms with Crippen LogP contribution in [0.25, 0.3) is 0 Å². The first kappa shape index (κ1) is 14.1. The maximum Gasteiger partial charge on any atom is 0.500 e. The molecule has 3 nitrogen and oxygen atoms in total. The Morgan fingerprint density at radius 1 is 1.00 bits per heavy atom. The summed E-state index contributed by atoms with van der Waals surface area (Å²) in [6.07, 6.45) is 0.915. The minimum atomic E-state index is -2.42. The molecule has 0 fully saturated rings. The molecule has 0 aliphatic carbocycles. The largest absolute Gasteiger partial charge is 0.500 e. The van der Waals surface area contributed by atoms with Crippen molar-refractivity contribution in [3.63, 3.8) is 0 Å². The van der Waals surface area contributed by atoms with Gasteiger partial charge in [0, 0.05) is 30.9 Å². The monoisotopic (exact) mass is 352 g/mol. The van der Waals surface area contributed by atoms with Gasteiger partial charge in [-0.3, -0.25) is 0 Å². The van der Waals surface area contributed by atoms with Crippen LogP contribution < -0.4 is 0 Å². The van der Waals surface area contributed by atoms with Crippen molar-refractivity contribution in [1.29, 1.82) is 0 Å². The highest BCUT2D eigenvalue weighted by Crippen LogP contribution is 2.17. The second-order valence-electron chi connectivity index (χ2n) is 3.42. The molecule has 0 heterocycles. The predicted octanol–water partition coefficient (Wildman–Crippen LogP) is 2.71. The van der Waals surface area contributed by atoms with E-state index in [-0.39, 0.29) is 0 Å². The molecule has 0 radical (unpaired) electrons. The molecule has 0 bridgehead atoms. The smallest absolute Gasteiger partial charge is 0.377 e. The number of hydrogen-bond donors (Lipinski definition) is 0. The fraction of sp³-hybridized carbons (Fsp3) is 0.455. The van der Waals surface area contributed by atoms with E-state index < -0.39 is 8.80 Å². The average Bonchev–Trinajstić information content (AvgIpc) is 2.34. The van der Waals surface area contributed by atoms with Gasteiger partial charge in [-0.15, -0.1) is 0 Å². The molecule has 90 valence electrons. The van der Waals surface area contributed by atoms with Crippen LogP contribution in [-0.4, -0.2) is 30.1 Å². The zero-order valence-electron chi connectivity index (χ0n) is 9.83. The zero-order valence-corrected chi connectivity index (χ0v) is 13.0. The summed E-state index contributed by atoms with van der Waals surface area (Å²) in [5.74, 6) is 0. The van der Waals surface area contributed by atoms with Crippen molar-refractivity contribution in [3.05, 3.63) is 33.4 Å². The van der Waals surface area contributed by atoms with Gasteiger partial charge in [-0.05, 0) is 46.7 Å². The third kappa shape index (κ3) is 3.81. The van der Waals surface area contributed by atoms with E-state index in [1.807, 2.05) is 0 Å². The number of rotatable bonds is 6. The quantitative estimate of drug-likeness (QED) is 0.582. The van der Waals surface area contributed by atoms with Crippen LogP contribution in [0.5, 0.6) is 0 Å². The molecule has 0 aromatic heterocycles. The highest BCUT2D eigenvalue weighted by molar-refractivity contribution is 14.1. The van der Waals surface area contributed by atoms with Crippen molar-refractivity contribution >= 4 is 31.4 Å². The molecule has 1 aromatic rings. The Morgan fingerprint density at radius 3 is 1.94 bits per heavy atom. The summed E-state index contributed by atoms with van der Waals surface area (Å²) in [6, 6.07) is 9.26. The Labute approximate surface area is 112 Å². The SMILES string of the molecule is CO[Si](CCc1ccc(I)cc1)(OC)OC. The van der Waals surface area contributed by atoms with E-state index in [2.05, 4.69) is 46.9 Å². The fourth-order valence-electron chi connectivity index (χ4n) is 1.50. The molecule has 0 aliphatic rings. The summed E-state index contributed by atoms with van der Waals surface area (Å²) in [4.78, 5) is 0. The van der Waals surface area contributed by atoms with E-state index in [0.29, 0.717) is 0 Å². The van der Waals surface area contributed by atoms with E-state index in [1.165, 1.54) is 9.13 Å². The van der Waals surface area contributed by atoms with Gasteiger partial charge in [-0.25, -0.2) is 0 Å². The molecule has 1 aromatic carbocycles. The predicted molar refractivity (Wildman–Crippen MR) is 74.5 cm³/mol. The maximum absolute atomic E-state index is 5.37. The molecule has 0 unspecified atom stereocenters. The molecular formula is C11H17IO3Si. The van der Waals surface area contributed by atoms with Gasteiger partial charge in [-0.2, -0.15) is 0 Å². The average molecular weight is 352 g/mol. The molecular weight excluding hydrogens is 335 g/mol. The minimum Gasteiger partial charge on any atom is -0.377 e. The highest BCUT2D eigenvalue weighted by Gasteiger charge is 2.36. The summed E-state index contributed by atoms with van der Waals surface area (Å²) in [7, 11) is 2.52. The van der Waals surface area contributed by atoms with E-state index >= 15 is 0 Å².